The first-order valence-electron chi connectivity index (χ1n) is 8.78. The summed E-state index contributed by atoms with van der Waals surface area (Å²) < 4.78 is 5.77. The van der Waals surface area contributed by atoms with Crippen LogP contribution in [0.2, 0.25) is 0 Å². The average molecular weight is 349 g/mol. The van der Waals surface area contributed by atoms with Gasteiger partial charge in [-0.1, -0.05) is 19.1 Å². The van der Waals surface area contributed by atoms with Gasteiger partial charge < -0.3 is 15.1 Å². The highest BCUT2D eigenvalue weighted by Gasteiger charge is 2.10. The molecule has 26 heavy (non-hydrogen) atoms. The number of carbonyl (C=O) groups is 1. The first-order chi connectivity index (χ1) is 12.7. The lowest BCUT2D eigenvalue weighted by Crippen LogP contribution is -2.17. The maximum absolute atomic E-state index is 12.1. The summed E-state index contributed by atoms with van der Waals surface area (Å²) in [5, 5.41) is 6.32. The van der Waals surface area contributed by atoms with Gasteiger partial charge in [0.05, 0.1) is 11.6 Å². The summed E-state index contributed by atoms with van der Waals surface area (Å²) in [7, 11) is 0. The lowest BCUT2D eigenvalue weighted by atomic mass is 10.1. The lowest BCUT2D eigenvalue weighted by Gasteiger charge is -2.12. The van der Waals surface area contributed by atoms with Crippen molar-refractivity contribution in [2.24, 2.45) is 0 Å². The van der Waals surface area contributed by atoms with E-state index in [4.69, 9.17) is 4.42 Å². The SMILES string of the molecule is CCc1ccc(C(C)NCc2ccc(NC(=O)c3cccnc3)cc2)o1. The number of aryl methyl sites for hydroxylation is 1. The monoisotopic (exact) mass is 349 g/mol. The van der Waals surface area contributed by atoms with Crippen molar-refractivity contribution in [3.8, 4) is 0 Å². The van der Waals surface area contributed by atoms with Gasteiger partial charge in [0.2, 0.25) is 0 Å². The van der Waals surface area contributed by atoms with Crippen LogP contribution < -0.4 is 10.6 Å². The summed E-state index contributed by atoms with van der Waals surface area (Å²) in [6.07, 6.45) is 4.10. The number of benzene rings is 1. The molecule has 1 amide bonds. The molecule has 3 rings (SSSR count). The van der Waals surface area contributed by atoms with E-state index >= 15 is 0 Å². The zero-order chi connectivity index (χ0) is 18.4. The minimum Gasteiger partial charge on any atom is -0.464 e. The van der Waals surface area contributed by atoms with Crippen molar-refractivity contribution in [2.45, 2.75) is 32.9 Å². The first-order valence-corrected chi connectivity index (χ1v) is 8.78. The topological polar surface area (TPSA) is 67.2 Å². The fraction of sp³-hybridized carbons (Fsp3) is 0.238. The number of hydrogen-bond acceptors (Lipinski definition) is 4. The van der Waals surface area contributed by atoms with Crippen molar-refractivity contribution < 1.29 is 9.21 Å². The van der Waals surface area contributed by atoms with Gasteiger partial charge in [-0.05, 0) is 48.9 Å². The number of hydrogen-bond donors (Lipinski definition) is 2. The maximum atomic E-state index is 12.1. The molecule has 1 atom stereocenters. The molecule has 0 saturated carbocycles. The first kappa shape index (κ1) is 17.9. The highest BCUT2D eigenvalue weighted by Crippen LogP contribution is 2.18. The molecule has 2 N–H and O–H groups in total. The van der Waals surface area contributed by atoms with Crippen LogP contribution in [-0.2, 0) is 13.0 Å². The second-order valence-electron chi connectivity index (χ2n) is 6.15. The van der Waals surface area contributed by atoms with Crippen molar-refractivity contribution in [2.75, 3.05) is 5.32 Å². The van der Waals surface area contributed by atoms with Crippen LogP contribution in [-0.4, -0.2) is 10.9 Å². The van der Waals surface area contributed by atoms with E-state index in [0.29, 0.717) is 5.56 Å². The maximum Gasteiger partial charge on any atom is 0.257 e. The van der Waals surface area contributed by atoms with Crippen LogP contribution >= 0.6 is 0 Å². The molecule has 0 aliphatic carbocycles. The number of furan rings is 1. The Morgan fingerprint density at radius 1 is 1.15 bits per heavy atom. The summed E-state index contributed by atoms with van der Waals surface area (Å²) in [6, 6.07) is 15.5. The molecular formula is C21H23N3O2. The molecule has 5 heteroatoms. The molecule has 0 aliphatic rings. The molecule has 2 aromatic heterocycles. The van der Waals surface area contributed by atoms with Crippen molar-refractivity contribution in [1.82, 2.24) is 10.3 Å². The smallest absolute Gasteiger partial charge is 0.257 e. The Morgan fingerprint density at radius 3 is 2.62 bits per heavy atom. The van der Waals surface area contributed by atoms with Crippen LogP contribution in [0.5, 0.6) is 0 Å². The molecule has 0 saturated heterocycles. The molecular weight excluding hydrogens is 326 g/mol. The molecule has 0 radical (unpaired) electrons. The number of anilines is 1. The van der Waals surface area contributed by atoms with Gasteiger partial charge in [0, 0.05) is 31.0 Å². The van der Waals surface area contributed by atoms with Gasteiger partial charge in [0.1, 0.15) is 11.5 Å². The fourth-order valence-corrected chi connectivity index (χ4v) is 2.60. The van der Waals surface area contributed by atoms with Crippen molar-refractivity contribution in [1.29, 1.82) is 0 Å². The molecule has 0 aliphatic heterocycles. The quantitative estimate of drug-likeness (QED) is 0.666. The Kier molecular flexibility index (Phi) is 5.81. The number of nitrogens with zero attached hydrogens (tertiary/aromatic N) is 1. The van der Waals surface area contributed by atoms with Crippen molar-refractivity contribution >= 4 is 11.6 Å². The Balaban J connectivity index is 1.53. The Morgan fingerprint density at radius 2 is 1.96 bits per heavy atom. The molecule has 0 fully saturated rings. The number of rotatable bonds is 7. The van der Waals surface area contributed by atoms with E-state index in [1.165, 1.54) is 0 Å². The Labute approximate surface area is 153 Å². The van der Waals surface area contributed by atoms with E-state index < -0.39 is 0 Å². The molecule has 0 bridgehead atoms. The molecule has 5 nitrogen and oxygen atoms in total. The zero-order valence-corrected chi connectivity index (χ0v) is 15.0. The van der Waals surface area contributed by atoms with Crippen LogP contribution in [0.3, 0.4) is 0 Å². The second kappa shape index (κ2) is 8.45. The van der Waals surface area contributed by atoms with Gasteiger partial charge in [0.15, 0.2) is 0 Å². The minimum atomic E-state index is -0.165. The lowest BCUT2D eigenvalue weighted by molar-refractivity contribution is 0.102. The summed E-state index contributed by atoms with van der Waals surface area (Å²) in [5.74, 6) is 1.78. The number of amides is 1. The Hall–Kier alpha value is -2.92. The van der Waals surface area contributed by atoms with E-state index in [2.05, 4.69) is 29.5 Å². The van der Waals surface area contributed by atoms with Crippen molar-refractivity contribution in [3.05, 3.63) is 83.6 Å². The largest absolute Gasteiger partial charge is 0.464 e. The van der Waals surface area contributed by atoms with Gasteiger partial charge in [-0.2, -0.15) is 0 Å². The predicted molar refractivity (Wildman–Crippen MR) is 102 cm³/mol. The van der Waals surface area contributed by atoms with E-state index in [1.807, 2.05) is 36.4 Å². The van der Waals surface area contributed by atoms with Gasteiger partial charge in [-0.25, -0.2) is 0 Å². The highest BCUT2D eigenvalue weighted by atomic mass is 16.3. The summed E-state index contributed by atoms with van der Waals surface area (Å²) >= 11 is 0. The van der Waals surface area contributed by atoms with Crippen LogP contribution in [0, 0.1) is 0 Å². The van der Waals surface area contributed by atoms with E-state index in [0.717, 1.165) is 35.7 Å². The summed E-state index contributed by atoms with van der Waals surface area (Å²) in [4.78, 5) is 16.1. The third kappa shape index (κ3) is 4.58. The van der Waals surface area contributed by atoms with Gasteiger partial charge in [0.25, 0.3) is 5.91 Å². The molecule has 134 valence electrons. The molecule has 0 spiro atoms. The number of aromatic nitrogens is 1. The number of pyridine rings is 1. The molecule has 2 heterocycles. The second-order valence-corrected chi connectivity index (χ2v) is 6.15. The van der Waals surface area contributed by atoms with E-state index in [1.54, 1.807) is 24.5 Å². The zero-order valence-electron chi connectivity index (χ0n) is 15.0. The predicted octanol–water partition coefficient (Wildman–Crippen LogP) is 4.34. The van der Waals surface area contributed by atoms with Crippen LogP contribution in [0.1, 0.15) is 47.3 Å². The summed E-state index contributed by atoms with van der Waals surface area (Å²) in [6.45, 7) is 4.89. The normalized spacial score (nSPS) is 11.9. The van der Waals surface area contributed by atoms with Gasteiger partial charge in [-0.3, -0.25) is 9.78 Å². The standard InChI is InChI=1S/C21H23N3O2/c1-3-19-10-11-20(26-19)15(2)23-13-16-6-8-18(9-7-16)24-21(25)17-5-4-12-22-14-17/h4-12,14-15,23H,3,13H2,1-2H3,(H,24,25). The molecule has 3 aromatic rings. The number of carbonyl (C=O) groups excluding carboxylic acids is 1. The van der Waals surface area contributed by atoms with Crippen molar-refractivity contribution in [3.63, 3.8) is 0 Å². The van der Waals surface area contributed by atoms with Gasteiger partial charge >= 0.3 is 0 Å². The number of nitrogens with one attached hydrogen (secondary N) is 2. The third-order valence-electron chi connectivity index (χ3n) is 4.21. The summed E-state index contributed by atoms with van der Waals surface area (Å²) in [5.41, 5.74) is 2.43. The van der Waals surface area contributed by atoms with E-state index in [9.17, 15) is 4.79 Å². The molecule has 1 unspecified atom stereocenters. The van der Waals surface area contributed by atoms with Crippen LogP contribution in [0.4, 0.5) is 5.69 Å². The minimum absolute atomic E-state index is 0.139. The molecule has 1 aromatic carbocycles. The third-order valence-corrected chi connectivity index (χ3v) is 4.21. The van der Waals surface area contributed by atoms with Crippen LogP contribution in [0.25, 0.3) is 0 Å². The fourth-order valence-electron chi connectivity index (χ4n) is 2.60. The average Bonchev–Trinajstić information content (AvgIpc) is 3.17. The Bertz CT molecular complexity index is 841. The van der Waals surface area contributed by atoms with Gasteiger partial charge in [-0.15, -0.1) is 0 Å². The van der Waals surface area contributed by atoms with Crippen LogP contribution in [0.15, 0.2) is 65.3 Å². The highest BCUT2D eigenvalue weighted by molar-refractivity contribution is 6.03. The van der Waals surface area contributed by atoms with E-state index in [-0.39, 0.29) is 11.9 Å².